The first kappa shape index (κ1) is 15.9. The molecule has 6 heteroatoms. The summed E-state index contributed by atoms with van der Waals surface area (Å²) in [5, 5.41) is 8.05. The Kier molecular flexibility index (Phi) is 4.96. The molecule has 0 spiro atoms. The standard InChI is InChI=1S/C18H19N3O3/c22-17(12-19-18(23)20-13-10-11-13)21-15-8-4-5-9-16(15)24-14-6-2-1-3-7-14/h1-9,13H,10-12H2,(H,21,22)(H2,19,20,23). The Labute approximate surface area is 140 Å². The zero-order chi connectivity index (χ0) is 16.8. The van der Waals surface area contributed by atoms with E-state index in [1.54, 1.807) is 18.2 Å². The predicted octanol–water partition coefficient (Wildman–Crippen LogP) is 2.88. The van der Waals surface area contributed by atoms with Crippen LogP contribution in [-0.4, -0.2) is 24.5 Å². The fraction of sp³-hybridized carbons (Fsp3) is 0.222. The lowest BCUT2D eigenvalue weighted by molar-refractivity contribution is -0.115. The molecule has 3 amide bonds. The van der Waals surface area contributed by atoms with Gasteiger partial charge in [-0.2, -0.15) is 0 Å². The Morgan fingerprint density at radius 2 is 1.71 bits per heavy atom. The second-order valence-electron chi connectivity index (χ2n) is 5.56. The van der Waals surface area contributed by atoms with Gasteiger partial charge in [-0.3, -0.25) is 4.79 Å². The van der Waals surface area contributed by atoms with Gasteiger partial charge >= 0.3 is 6.03 Å². The molecule has 0 atom stereocenters. The molecule has 124 valence electrons. The summed E-state index contributed by atoms with van der Waals surface area (Å²) >= 11 is 0. The summed E-state index contributed by atoms with van der Waals surface area (Å²) in [5.41, 5.74) is 0.552. The van der Waals surface area contributed by atoms with Crippen LogP contribution in [0.3, 0.4) is 0 Å². The number of carbonyl (C=O) groups is 2. The highest BCUT2D eigenvalue weighted by Gasteiger charge is 2.23. The third-order valence-electron chi connectivity index (χ3n) is 3.45. The minimum Gasteiger partial charge on any atom is -0.455 e. The average molecular weight is 325 g/mol. The number of carbonyl (C=O) groups excluding carboxylic acids is 2. The molecule has 0 aliphatic heterocycles. The zero-order valence-electron chi connectivity index (χ0n) is 13.1. The number of anilines is 1. The van der Waals surface area contributed by atoms with Crippen LogP contribution in [0.25, 0.3) is 0 Å². The highest BCUT2D eigenvalue weighted by molar-refractivity contribution is 5.95. The van der Waals surface area contributed by atoms with Gasteiger partial charge < -0.3 is 20.7 Å². The van der Waals surface area contributed by atoms with E-state index >= 15 is 0 Å². The van der Waals surface area contributed by atoms with Crippen molar-refractivity contribution in [3.63, 3.8) is 0 Å². The molecular formula is C18H19N3O3. The van der Waals surface area contributed by atoms with E-state index in [1.165, 1.54) is 0 Å². The number of hydrogen-bond acceptors (Lipinski definition) is 3. The summed E-state index contributed by atoms with van der Waals surface area (Å²) in [6, 6.07) is 16.4. The lowest BCUT2D eigenvalue weighted by atomic mass is 10.3. The number of nitrogens with one attached hydrogen (secondary N) is 3. The smallest absolute Gasteiger partial charge is 0.315 e. The fourth-order valence-corrected chi connectivity index (χ4v) is 2.09. The van der Waals surface area contributed by atoms with E-state index in [0.29, 0.717) is 17.2 Å². The Morgan fingerprint density at radius 3 is 2.46 bits per heavy atom. The summed E-state index contributed by atoms with van der Waals surface area (Å²) in [7, 11) is 0. The molecule has 1 aliphatic rings. The third kappa shape index (κ3) is 4.74. The van der Waals surface area contributed by atoms with Gasteiger partial charge in [-0.1, -0.05) is 30.3 Å². The first-order chi connectivity index (χ1) is 11.7. The Hall–Kier alpha value is -3.02. The van der Waals surface area contributed by atoms with Gasteiger partial charge in [0.15, 0.2) is 5.75 Å². The summed E-state index contributed by atoms with van der Waals surface area (Å²) in [6.07, 6.45) is 2.01. The minimum absolute atomic E-state index is 0.0990. The lowest BCUT2D eigenvalue weighted by Gasteiger charge is -2.12. The van der Waals surface area contributed by atoms with Crippen LogP contribution >= 0.6 is 0 Å². The third-order valence-corrected chi connectivity index (χ3v) is 3.45. The number of ether oxygens (including phenoxy) is 1. The van der Waals surface area contributed by atoms with E-state index in [0.717, 1.165) is 12.8 Å². The highest BCUT2D eigenvalue weighted by Crippen LogP contribution is 2.28. The van der Waals surface area contributed by atoms with E-state index < -0.39 is 0 Å². The monoisotopic (exact) mass is 325 g/mol. The second kappa shape index (κ2) is 7.50. The van der Waals surface area contributed by atoms with E-state index in [4.69, 9.17) is 4.74 Å². The zero-order valence-corrected chi connectivity index (χ0v) is 13.1. The first-order valence-electron chi connectivity index (χ1n) is 7.87. The Balaban J connectivity index is 1.55. The minimum atomic E-state index is -0.318. The van der Waals surface area contributed by atoms with Crippen molar-refractivity contribution in [1.82, 2.24) is 10.6 Å². The highest BCUT2D eigenvalue weighted by atomic mass is 16.5. The van der Waals surface area contributed by atoms with E-state index in [9.17, 15) is 9.59 Å². The van der Waals surface area contributed by atoms with Gasteiger partial charge in [0.25, 0.3) is 0 Å². The second-order valence-corrected chi connectivity index (χ2v) is 5.56. The van der Waals surface area contributed by atoms with Gasteiger partial charge in [0.05, 0.1) is 12.2 Å². The van der Waals surface area contributed by atoms with E-state index in [2.05, 4.69) is 16.0 Å². The van der Waals surface area contributed by atoms with Gasteiger partial charge in [0.2, 0.25) is 5.91 Å². The number of amides is 3. The van der Waals surface area contributed by atoms with Crippen LogP contribution in [0.1, 0.15) is 12.8 Å². The van der Waals surface area contributed by atoms with Crippen molar-refractivity contribution in [2.24, 2.45) is 0 Å². The molecule has 24 heavy (non-hydrogen) atoms. The number of benzene rings is 2. The van der Waals surface area contributed by atoms with Crippen molar-refractivity contribution >= 4 is 17.6 Å². The van der Waals surface area contributed by atoms with E-state index in [-0.39, 0.29) is 24.5 Å². The van der Waals surface area contributed by atoms with Crippen molar-refractivity contribution in [2.45, 2.75) is 18.9 Å². The van der Waals surface area contributed by atoms with Crippen molar-refractivity contribution in [1.29, 1.82) is 0 Å². The van der Waals surface area contributed by atoms with Gasteiger partial charge in [-0.15, -0.1) is 0 Å². The maximum Gasteiger partial charge on any atom is 0.315 e. The Morgan fingerprint density at radius 1 is 1.00 bits per heavy atom. The molecule has 2 aromatic carbocycles. The molecule has 3 N–H and O–H groups in total. The van der Waals surface area contributed by atoms with Crippen LogP contribution in [0.4, 0.5) is 10.5 Å². The van der Waals surface area contributed by atoms with Crippen molar-refractivity contribution < 1.29 is 14.3 Å². The molecule has 0 radical (unpaired) electrons. The van der Waals surface area contributed by atoms with Crippen LogP contribution < -0.4 is 20.7 Å². The number of hydrogen-bond donors (Lipinski definition) is 3. The summed E-state index contributed by atoms with van der Waals surface area (Å²) in [5.74, 6) is 0.908. The van der Waals surface area contributed by atoms with Gasteiger partial charge in [-0.25, -0.2) is 4.79 Å². The largest absolute Gasteiger partial charge is 0.455 e. The maximum atomic E-state index is 12.0. The van der Waals surface area contributed by atoms with Crippen LogP contribution in [0.5, 0.6) is 11.5 Å². The van der Waals surface area contributed by atoms with Crippen LogP contribution in [0, 0.1) is 0 Å². The quantitative estimate of drug-likeness (QED) is 0.764. The lowest BCUT2D eigenvalue weighted by Crippen LogP contribution is -2.40. The molecule has 0 heterocycles. The summed E-state index contributed by atoms with van der Waals surface area (Å²) in [6.45, 7) is -0.0990. The molecule has 2 aromatic rings. The molecule has 1 fully saturated rings. The predicted molar refractivity (Wildman–Crippen MR) is 91.1 cm³/mol. The number of urea groups is 1. The van der Waals surface area contributed by atoms with Crippen molar-refractivity contribution in [2.75, 3.05) is 11.9 Å². The van der Waals surface area contributed by atoms with Crippen LogP contribution in [0.15, 0.2) is 54.6 Å². The first-order valence-corrected chi connectivity index (χ1v) is 7.87. The summed E-state index contributed by atoms with van der Waals surface area (Å²) < 4.78 is 5.78. The van der Waals surface area contributed by atoms with E-state index in [1.807, 2.05) is 36.4 Å². The molecule has 0 saturated heterocycles. The molecule has 3 rings (SSSR count). The fourth-order valence-electron chi connectivity index (χ4n) is 2.09. The van der Waals surface area contributed by atoms with Gasteiger partial charge in [0.1, 0.15) is 5.75 Å². The van der Waals surface area contributed by atoms with Gasteiger partial charge in [0, 0.05) is 6.04 Å². The normalized spacial score (nSPS) is 13.0. The van der Waals surface area contributed by atoms with Gasteiger partial charge in [-0.05, 0) is 37.1 Å². The Bertz CT molecular complexity index is 714. The summed E-state index contributed by atoms with van der Waals surface area (Å²) in [4.78, 5) is 23.5. The van der Waals surface area contributed by atoms with Crippen molar-refractivity contribution in [3.8, 4) is 11.5 Å². The number of para-hydroxylation sites is 3. The molecule has 0 aromatic heterocycles. The number of rotatable bonds is 6. The van der Waals surface area contributed by atoms with Crippen LogP contribution in [-0.2, 0) is 4.79 Å². The molecule has 1 aliphatic carbocycles. The maximum absolute atomic E-state index is 12.0. The van der Waals surface area contributed by atoms with Crippen molar-refractivity contribution in [3.05, 3.63) is 54.6 Å². The molecule has 0 bridgehead atoms. The van der Waals surface area contributed by atoms with Crippen LogP contribution in [0.2, 0.25) is 0 Å². The topological polar surface area (TPSA) is 79.5 Å². The molecule has 6 nitrogen and oxygen atoms in total. The molecule has 0 unspecified atom stereocenters. The average Bonchev–Trinajstić information content (AvgIpc) is 3.40. The molecular weight excluding hydrogens is 306 g/mol. The molecule has 1 saturated carbocycles. The SMILES string of the molecule is O=C(CNC(=O)NC1CC1)Nc1ccccc1Oc1ccccc1.